The van der Waals surface area contributed by atoms with Gasteiger partial charge >= 0.3 is 0 Å². The fourth-order valence-electron chi connectivity index (χ4n) is 2.73. The summed E-state index contributed by atoms with van der Waals surface area (Å²) < 4.78 is 14.1. The first kappa shape index (κ1) is 15.7. The second-order valence-corrected chi connectivity index (χ2v) is 5.73. The molecule has 0 aliphatic heterocycles. The fraction of sp³-hybridized carbons (Fsp3) is 0.100. The fourth-order valence-corrected chi connectivity index (χ4v) is 2.73. The summed E-state index contributed by atoms with van der Waals surface area (Å²) in [6.07, 6.45) is 0. The predicted octanol–water partition coefficient (Wildman–Crippen LogP) is 4.63. The maximum Gasteiger partial charge on any atom is 0.142 e. The predicted molar refractivity (Wildman–Crippen MR) is 93.7 cm³/mol. The van der Waals surface area contributed by atoms with E-state index in [1.165, 1.54) is 6.07 Å². The molecule has 0 radical (unpaired) electrons. The molecule has 0 saturated heterocycles. The number of pyridine rings is 1. The van der Waals surface area contributed by atoms with Gasteiger partial charge in [-0.1, -0.05) is 35.9 Å². The Bertz CT molecular complexity index is 971. The minimum atomic E-state index is -0.374. The molecule has 3 aromatic rings. The molecule has 0 fully saturated rings. The second-order valence-electron chi connectivity index (χ2n) is 5.73. The van der Waals surface area contributed by atoms with Crippen LogP contribution in [0.4, 0.5) is 10.2 Å². The van der Waals surface area contributed by atoms with Gasteiger partial charge in [0.05, 0.1) is 5.69 Å². The zero-order chi connectivity index (χ0) is 17.3. The second kappa shape index (κ2) is 6.13. The molecule has 24 heavy (non-hydrogen) atoms. The van der Waals surface area contributed by atoms with Gasteiger partial charge in [-0.15, -0.1) is 0 Å². The lowest BCUT2D eigenvalue weighted by atomic mass is 9.94. The molecule has 0 spiro atoms. The van der Waals surface area contributed by atoms with Crippen LogP contribution in [-0.4, -0.2) is 4.98 Å². The summed E-state index contributed by atoms with van der Waals surface area (Å²) in [5.41, 5.74) is 10.7. The Balaban J connectivity index is 2.32. The van der Waals surface area contributed by atoms with Crippen LogP contribution in [0.2, 0.25) is 0 Å². The zero-order valence-electron chi connectivity index (χ0n) is 13.5. The van der Waals surface area contributed by atoms with Crippen molar-refractivity contribution in [1.82, 2.24) is 4.98 Å². The van der Waals surface area contributed by atoms with Crippen LogP contribution in [-0.2, 0) is 0 Å². The highest BCUT2D eigenvalue weighted by Crippen LogP contribution is 2.34. The Labute approximate surface area is 140 Å². The Hall–Kier alpha value is -3.19. The lowest BCUT2D eigenvalue weighted by Crippen LogP contribution is -2.01. The molecule has 0 amide bonds. The number of aryl methyl sites for hydroxylation is 2. The van der Waals surface area contributed by atoms with Gasteiger partial charge in [0.25, 0.3) is 0 Å². The van der Waals surface area contributed by atoms with Crippen molar-refractivity contribution in [3.05, 3.63) is 71.0 Å². The molecular formula is C20H16FN3. The van der Waals surface area contributed by atoms with Crippen LogP contribution in [0, 0.1) is 31.0 Å². The summed E-state index contributed by atoms with van der Waals surface area (Å²) in [5.74, 6) is -0.268. The molecule has 0 atom stereocenters. The van der Waals surface area contributed by atoms with Gasteiger partial charge in [0.15, 0.2) is 0 Å². The Morgan fingerprint density at radius 2 is 1.75 bits per heavy atom. The van der Waals surface area contributed by atoms with Gasteiger partial charge in [0.2, 0.25) is 0 Å². The highest BCUT2D eigenvalue weighted by Gasteiger charge is 2.16. The van der Waals surface area contributed by atoms with E-state index in [0.717, 1.165) is 16.7 Å². The molecule has 118 valence electrons. The first-order valence-electron chi connectivity index (χ1n) is 7.54. The van der Waals surface area contributed by atoms with E-state index in [0.29, 0.717) is 22.4 Å². The molecule has 0 bridgehead atoms. The number of anilines is 1. The van der Waals surface area contributed by atoms with Crippen molar-refractivity contribution in [3.8, 4) is 28.5 Å². The van der Waals surface area contributed by atoms with Crippen LogP contribution < -0.4 is 5.73 Å². The largest absolute Gasteiger partial charge is 0.383 e. The van der Waals surface area contributed by atoms with Gasteiger partial charge in [-0.25, -0.2) is 9.37 Å². The first-order chi connectivity index (χ1) is 11.5. The molecule has 0 saturated carbocycles. The highest BCUT2D eigenvalue weighted by atomic mass is 19.1. The number of aromatic nitrogens is 1. The van der Waals surface area contributed by atoms with E-state index in [9.17, 15) is 9.65 Å². The number of nitrogens with zero attached hydrogens (tertiary/aromatic N) is 2. The average molecular weight is 317 g/mol. The summed E-state index contributed by atoms with van der Waals surface area (Å²) in [6.45, 7) is 3.95. The number of hydrogen-bond acceptors (Lipinski definition) is 3. The maximum absolute atomic E-state index is 14.1. The van der Waals surface area contributed by atoms with Crippen molar-refractivity contribution in [3.63, 3.8) is 0 Å². The summed E-state index contributed by atoms with van der Waals surface area (Å²) in [5, 5.41) is 9.49. The van der Waals surface area contributed by atoms with Crippen LogP contribution in [0.15, 0.2) is 48.5 Å². The van der Waals surface area contributed by atoms with Crippen LogP contribution >= 0.6 is 0 Å². The van der Waals surface area contributed by atoms with Crippen molar-refractivity contribution < 1.29 is 4.39 Å². The molecule has 0 aliphatic rings. The van der Waals surface area contributed by atoms with Crippen LogP contribution in [0.3, 0.4) is 0 Å². The summed E-state index contributed by atoms with van der Waals surface area (Å²) in [6, 6.07) is 16.2. The zero-order valence-corrected chi connectivity index (χ0v) is 13.5. The van der Waals surface area contributed by atoms with Gasteiger partial charge in [-0.05, 0) is 43.2 Å². The molecule has 4 heteroatoms. The smallest absolute Gasteiger partial charge is 0.142 e. The van der Waals surface area contributed by atoms with Crippen molar-refractivity contribution in [2.75, 3.05) is 5.73 Å². The lowest BCUT2D eigenvalue weighted by Gasteiger charge is -2.13. The van der Waals surface area contributed by atoms with Gasteiger partial charge < -0.3 is 5.73 Å². The lowest BCUT2D eigenvalue weighted by molar-refractivity contribution is 0.631. The number of nitrogens with two attached hydrogens (primary N) is 1. The van der Waals surface area contributed by atoms with E-state index in [2.05, 4.69) is 11.1 Å². The van der Waals surface area contributed by atoms with Crippen molar-refractivity contribution in [2.24, 2.45) is 0 Å². The van der Waals surface area contributed by atoms with E-state index in [1.807, 2.05) is 32.0 Å². The van der Waals surface area contributed by atoms with E-state index >= 15 is 0 Å². The van der Waals surface area contributed by atoms with Gasteiger partial charge in [-0.2, -0.15) is 5.26 Å². The Kier molecular flexibility index (Phi) is 4.01. The highest BCUT2D eigenvalue weighted by molar-refractivity contribution is 5.81. The monoisotopic (exact) mass is 317 g/mol. The Morgan fingerprint density at radius 1 is 1.00 bits per heavy atom. The van der Waals surface area contributed by atoms with Gasteiger partial charge in [-0.3, -0.25) is 0 Å². The van der Waals surface area contributed by atoms with E-state index in [1.54, 1.807) is 24.3 Å². The topological polar surface area (TPSA) is 62.7 Å². The first-order valence-corrected chi connectivity index (χ1v) is 7.54. The number of benzene rings is 2. The molecule has 3 rings (SSSR count). The SMILES string of the molecule is Cc1ccc(C)c(-c2cc(-c3ccccc3F)nc(N)c2C#N)c1. The van der Waals surface area contributed by atoms with Crippen molar-refractivity contribution >= 4 is 5.82 Å². The van der Waals surface area contributed by atoms with Crippen molar-refractivity contribution in [2.45, 2.75) is 13.8 Å². The number of nitriles is 1. The number of rotatable bonds is 2. The molecule has 1 heterocycles. The summed E-state index contributed by atoms with van der Waals surface area (Å²) in [7, 11) is 0. The van der Waals surface area contributed by atoms with Crippen LogP contribution in [0.5, 0.6) is 0 Å². The van der Waals surface area contributed by atoms with Crippen LogP contribution in [0.1, 0.15) is 16.7 Å². The van der Waals surface area contributed by atoms with E-state index in [-0.39, 0.29) is 11.6 Å². The van der Waals surface area contributed by atoms with E-state index in [4.69, 9.17) is 5.73 Å². The normalized spacial score (nSPS) is 10.4. The minimum Gasteiger partial charge on any atom is -0.383 e. The summed E-state index contributed by atoms with van der Waals surface area (Å²) >= 11 is 0. The minimum absolute atomic E-state index is 0.106. The number of nitrogen functional groups attached to an aromatic ring is 1. The number of hydrogen-bond donors (Lipinski definition) is 1. The average Bonchev–Trinajstić information content (AvgIpc) is 2.57. The molecule has 3 nitrogen and oxygen atoms in total. The third-order valence-electron chi connectivity index (χ3n) is 3.99. The standard InChI is InChI=1S/C20H16FN3/c1-12-7-8-13(2)15(9-12)16-10-19(24-20(23)17(16)11-22)14-5-3-4-6-18(14)21/h3-10H,1-2H3,(H2,23,24). The quantitative estimate of drug-likeness (QED) is 0.750. The number of halogens is 1. The van der Waals surface area contributed by atoms with E-state index < -0.39 is 0 Å². The van der Waals surface area contributed by atoms with Gasteiger partial charge in [0.1, 0.15) is 23.3 Å². The van der Waals surface area contributed by atoms with Crippen LogP contribution in [0.25, 0.3) is 22.4 Å². The maximum atomic E-state index is 14.1. The third-order valence-corrected chi connectivity index (χ3v) is 3.99. The Morgan fingerprint density at radius 3 is 2.46 bits per heavy atom. The molecular weight excluding hydrogens is 301 g/mol. The van der Waals surface area contributed by atoms with Gasteiger partial charge in [0, 0.05) is 11.1 Å². The third kappa shape index (κ3) is 2.72. The molecule has 1 aromatic heterocycles. The molecule has 0 aliphatic carbocycles. The molecule has 2 N–H and O–H groups in total. The molecule has 2 aromatic carbocycles. The van der Waals surface area contributed by atoms with Crippen molar-refractivity contribution in [1.29, 1.82) is 5.26 Å². The summed E-state index contributed by atoms with van der Waals surface area (Å²) in [4.78, 5) is 4.23. The molecule has 0 unspecified atom stereocenters.